The van der Waals surface area contributed by atoms with Gasteiger partial charge in [-0.2, -0.15) is 0 Å². The molecule has 0 amide bonds. The highest BCUT2D eigenvalue weighted by Gasteiger charge is 2.08. The number of aliphatic carboxylic acids is 1. The Morgan fingerprint density at radius 2 is 1.19 bits per heavy atom. The molecule has 0 aromatic rings. The average molecular weight is 319 g/mol. The summed E-state index contributed by atoms with van der Waals surface area (Å²) in [6, 6.07) is 0. The molecule has 0 radical (unpaired) electrons. The smallest absolute Gasteiger partial charge is 0.304 e. The Kier molecular flexibility index (Phi) is 16.0. The third-order valence-corrected chi connectivity index (χ3v) is 4.39. The van der Waals surface area contributed by atoms with Crippen LogP contribution in [0, 0.1) is 0 Å². The number of alkyl halides is 1. The van der Waals surface area contributed by atoms with Gasteiger partial charge in [0.05, 0.1) is 6.42 Å². The molecule has 0 aromatic carbocycles. The third kappa shape index (κ3) is 17.7. The molecular formula is C18H35ClO2. The molecule has 0 aliphatic rings. The lowest BCUT2D eigenvalue weighted by atomic mass is 10.0. The van der Waals surface area contributed by atoms with Crippen molar-refractivity contribution in [3.05, 3.63) is 0 Å². The first-order valence-corrected chi connectivity index (χ1v) is 9.46. The number of unbranched alkanes of at least 4 members (excludes halogenated alkanes) is 12. The zero-order chi connectivity index (χ0) is 15.8. The molecule has 1 atom stereocenters. The van der Waals surface area contributed by atoms with Crippen LogP contribution in [0.25, 0.3) is 0 Å². The molecular weight excluding hydrogens is 284 g/mol. The largest absolute Gasteiger partial charge is 0.481 e. The maximum absolute atomic E-state index is 10.5. The summed E-state index contributed by atoms with van der Waals surface area (Å²) in [5, 5.41) is 8.42. The maximum atomic E-state index is 10.5. The first-order chi connectivity index (χ1) is 10.2. The number of halogens is 1. The van der Waals surface area contributed by atoms with Crippen molar-refractivity contribution in [2.24, 2.45) is 0 Å². The number of carbonyl (C=O) groups is 1. The lowest BCUT2D eigenvalue weighted by Gasteiger charge is -2.06. The molecule has 0 aromatic heterocycles. The molecule has 21 heavy (non-hydrogen) atoms. The van der Waals surface area contributed by atoms with Crippen molar-refractivity contribution in [1.29, 1.82) is 0 Å². The van der Waals surface area contributed by atoms with Crippen LogP contribution in [0.15, 0.2) is 0 Å². The standard InChI is InChI=1S/C18H35ClO2/c1-2-3-4-5-6-7-8-9-10-11-12-13-14-15-17(19)16-18(20)21/h17H,2-16H2,1H3,(H,20,21). The molecule has 0 heterocycles. The second-order valence-corrected chi connectivity index (χ2v) is 6.84. The molecule has 0 spiro atoms. The van der Waals surface area contributed by atoms with E-state index in [0.717, 1.165) is 12.8 Å². The highest BCUT2D eigenvalue weighted by atomic mass is 35.5. The van der Waals surface area contributed by atoms with Crippen LogP contribution in [-0.2, 0) is 4.79 Å². The van der Waals surface area contributed by atoms with Crippen LogP contribution in [0.4, 0.5) is 0 Å². The zero-order valence-corrected chi connectivity index (χ0v) is 14.7. The maximum Gasteiger partial charge on any atom is 0.304 e. The fourth-order valence-electron chi connectivity index (χ4n) is 2.68. The molecule has 3 heteroatoms. The normalized spacial score (nSPS) is 12.5. The summed E-state index contributed by atoms with van der Waals surface area (Å²) in [6.45, 7) is 2.26. The molecule has 126 valence electrons. The van der Waals surface area contributed by atoms with Gasteiger partial charge in [-0.05, 0) is 6.42 Å². The summed E-state index contributed by atoms with van der Waals surface area (Å²) in [5.41, 5.74) is 0. The minimum atomic E-state index is -0.787. The number of carboxylic acid groups (broad SMARTS) is 1. The van der Waals surface area contributed by atoms with Crippen molar-refractivity contribution in [1.82, 2.24) is 0 Å². The molecule has 1 unspecified atom stereocenters. The van der Waals surface area contributed by atoms with Gasteiger partial charge in [0.2, 0.25) is 0 Å². The summed E-state index contributed by atoms with van der Waals surface area (Å²) in [5.74, 6) is -0.787. The minimum absolute atomic E-state index is 0.0970. The van der Waals surface area contributed by atoms with E-state index in [-0.39, 0.29) is 11.8 Å². The van der Waals surface area contributed by atoms with Crippen LogP contribution in [0.2, 0.25) is 0 Å². The molecule has 0 saturated heterocycles. The Morgan fingerprint density at radius 3 is 1.57 bits per heavy atom. The highest BCUT2D eigenvalue weighted by molar-refractivity contribution is 6.21. The average Bonchev–Trinajstić information content (AvgIpc) is 2.43. The van der Waals surface area contributed by atoms with Crippen LogP contribution in [0.1, 0.15) is 103 Å². The Hall–Kier alpha value is -0.240. The lowest BCUT2D eigenvalue weighted by molar-refractivity contribution is -0.137. The van der Waals surface area contributed by atoms with Gasteiger partial charge in [-0.25, -0.2) is 0 Å². The predicted molar refractivity (Wildman–Crippen MR) is 92.2 cm³/mol. The van der Waals surface area contributed by atoms with Crippen LogP contribution in [0.5, 0.6) is 0 Å². The van der Waals surface area contributed by atoms with E-state index in [2.05, 4.69) is 6.92 Å². The van der Waals surface area contributed by atoms with Gasteiger partial charge < -0.3 is 5.11 Å². The topological polar surface area (TPSA) is 37.3 Å². The second kappa shape index (κ2) is 16.1. The summed E-state index contributed by atoms with van der Waals surface area (Å²) in [4.78, 5) is 10.5. The minimum Gasteiger partial charge on any atom is -0.481 e. The van der Waals surface area contributed by atoms with E-state index in [0.29, 0.717) is 0 Å². The Morgan fingerprint density at radius 1 is 0.810 bits per heavy atom. The Bertz CT molecular complexity index is 231. The van der Waals surface area contributed by atoms with Crippen molar-refractivity contribution in [2.45, 2.75) is 109 Å². The first kappa shape index (κ1) is 20.8. The van der Waals surface area contributed by atoms with Crippen LogP contribution < -0.4 is 0 Å². The van der Waals surface area contributed by atoms with Crippen LogP contribution in [-0.4, -0.2) is 16.5 Å². The molecule has 0 aliphatic carbocycles. The summed E-state index contributed by atoms with van der Waals surface area (Å²) >= 11 is 5.94. The Balaban J connectivity index is 3.07. The predicted octanol–water partition coefficient (Wildman–Crippen LogP) is 6.55. The van der Waals surface area contributed by atoms with Gasteiger partial charge in [0.1, 0.15) is 0 Å². The van der Waals surface area contributed by atoms with Gasteiger partial charge in [0.15, 0.2) is 0 Å². The number of carboxylic acids is 1. The van der Waals surface area contributed by atoms with Crippen LogP contribution >= 0.6 is 11.6 Å². The molecule has 0 bridgehead atoms. The van der Waals surface area contributed by atoms with Gasteiger partial charge in [0.25, 0.3) is 0 Å². The van der Waals surface area contributed by atoms with Gasteiger partial charge in [0, 0.05) is 5.38 Å². The number of hydrogen-bond acceptors (Lipinski definition) is 1. The Labute approximate surface area is 136 Å². The molecule has 2 nitrogen and oxygen atoms in total. The summed E-state index contributed by atoms with van der Waals surface area (Å²) in [7, 11) is 0. The van der Waals surface area contributed by atoms with E-state index < -0.39 is 5.97 Å². The van der Waals surface area contributed by atoms with E-state index in [1.54, 1.807) is 0 Å². The van der Waals surface area contributed by atoms with Gasteiger partial charge >= 0.3 is 5.97 Å². The number of rotatable bonds is 16. The van der Waals surface area contributed by atoms with Gasteiger partial charge in [-0.3, -0.25) is 4.79 Å². The number of hydrogen-bond donors (Lipinski definition) is 1. The molecule has 0 saturated carbocycles. The van der Waals surface area contributed by atoms with Crippen molar-refractivity contribution in [3.8, 4) is 0 Å². The summed E-state index contributed by atoms with van der Waals surface area (Å²) < 4.78 is 0. The fourth-order valence-corrected chi connectivity index (χ4v) is 2.96. The van der Waals surface area contributed by atoms with Crippen molar-refractivity contribution < 1.29 is 9.90 Å². The van der Waals surface area contributed by atoms with E-state index in [1.807, 2.05) is 0 Å². The lowest BCUT2D eigenvalue weighted by Crippen LogP contribution is -2.06. The SMILES string of the molecule is CCCCCCCCCCCCCCCC(Cl)CC(=O)O. The van der Waals surface area contributed by atoms with E-state index in [1.165, 1.54) is 77.0 Å². The monoisotopic (exact) mass is 318 g/mol. The zero-order valence-electron chi connectivity index (χ0n) is 13.9. The van der Waals surface area contributed by atoms with E-state index >= 15 is 0 Å². The summed E-state index contributed by atoms with van der Waals surface area (Å²) in [6.07, 6.45) is 18.3. The van der Waals surface area contributed by atoms with Gasteiger partial charge in [-0.1, -0.05) is 90.4 Å². The molecule has 0 rings (SSSR count). The van der Waals surface area contributed by atoms with Crippen molar-refractivity contribution in [2.75, 3.05) is 0 Å². The van der Waals surface area contributed by atoms with E-state index in [4.69, 9.17) is 16.7 Å². The first-order valence-electron chi connectivity index (χ1n) is 9.02. The fraction of sp³-hybridized carbons (Fsp3) is 0.944. The van der Waals surface area contributed by atoms with Crippen LogP contribution in [0.3, 0.4) is 0 Å². The van der Waals surface area contributed by atoms with E-state index in [9.17, 15) is 4.79 Å². The van der Waals surface area contributed by atoms with Crippen molar-refractivity contribution in [3.63, 3.8) is 0 Å². The van der Waals surface area contributed by atoms with Crippen molar-refractivity contribution >= 4 is 17.6 Å². The molecule has 0 aliphatic heterocycles. The highest BCUT2D eigenvalue weighted by Crippen LogP contribution is 2.15. The van der Waals surface area contributed by atoms with Gasteiger partial charge in [-0.15, -0.1) is 11.6 Å². The third-order valence-electron chi connectivity index (χ3n) is 4.02. The molecule has 0 fully saturated rings. The molecule has 1 N–H and O–H groups in total. The second-order valence-electron chi connectivity index (χ2n) is 6.23. The quantitative estimate of drug-likeness (QED) is 0.259.